The predicted octanol–water partition coefficient (Wildman–Crippen LogP) is 3.66. The van der Waals surface area contributed by atoms with E-state index in [0.29, 0.717) is 5.56 Å². The van der Waals surface area contributed by atoms with Gasteiger partial charge in [-0.25, -0.2) is 0 Å². The van der Waals surface area contributed by atoms with Crippen LogP contribution in [0.4, 0.5) is 0 Å². The van der Waals surface area contributed by atoms with E-state index in [1.54, 1.807) is 6.07 Å². The van der Waals surface area contributed by atoms with E-state index in [9.17, 15) is 4.79 Å². The van der Waals surface area contributed by atoms with Crippen LogP contribution in [-0.2, 0) is 5.33 Å². The van der Waals surface area contributed by atoms with Crippen LogP contribution in [0.2, 0.25) is 0 Å². The first kappa shape index (κ1) is 12.8. The van der Waals surface area contributed by atoms with Crippen LogP contribution in [0, 0.1) is 6.92 Å². The number of aryl methyl sites for hydroxylation is 1. The van der Waals surface area contributed by atoms with Gasteiger partial charge in [-0.1, -0.05) is 46.3 Å². The van der Waals surface area contributed by atoms with Gasteiger partial charge in [-0.2, -0.15) is 0 Å². The van der Waals surface area contributed by atoms with Crippen LogP contribution >= 0.6 is 15.9 Å². The van der Waals surface area contributed by atoms with Crippen molar-refractivity contribution in [2.24, 2.45) is 5.73 Å². The van der Waals surface area contributed by atoms with Crippen molar-refractivity contribution in [3.8, 4) is 11.1 Å². The molecule has 0 atom stereocenters. The number of primary amides is 1. The number of hydrogen-bond donors (Lipinski definition) is 1. The minimum Gasteiger partial charge on any atom is -0.366 e. The molecule has 0 spiro atoms. The Balaban J connectivity index is 2.47. The van der Waals surface area contributed by atoms with Gasteiger partial charge >= 0.3 is 0 Å². The third kappa shape index (κ3) is 2.62. The molecule has 0 radical (unpaired) electrons. The van der Waals surface area contributed by atoms with Gasteiger partial charge in [0.1, 0.15) is 0 Å². The van der Waals surface area contributed by atoms with Gasteiger partial charge in [-0.3, -0.25) is 4.79 Å². The molecule has 0 bridgehead atoms. The van der Waals surface area contributed by atoms with Crippen molar-refractivity contribution in [1.82, 2.24) is 0 Å². The molecule has 0 fully saturated rings. The molecule has 1 amide bonds. The molecule has 3 heteroatoms. The first-order chi connectivity index (χ1) is 8.61. The molecule has 2 aromatic carbocycles. The molecule has 2 rings (SSSR count). The lowest BCUT2D eigenvalue weighted by Gasteiger charge is -2.08. The summed E-state index contributed by atoms with van der Waals surface area (Å²) in [6.45, 7) is 1.99. The highest BCUT2D eigenvalue weighted by Gasteiger charge is 2.06. The third-order valence-corrected chi connectivity index (χ3v) is 3.55. The number of alkyl halides is 1. The van der Waals surface area contributed by atoms with Gasteiger partial charge in [0, 0.05) is 10.9 Å². The summed E-state index contributed by atoms with van der Waals surface area (Å²) in [6, 6.07) is 13.9. The number of carbonyl (C=O) groups is 1. The molecule has 2 N–H and O–H groups in total. The summed E-state index contributed by atoms with van der Waals surface area (Å²) in [5.74, 6) is -0.390. The minimum atomic E-state index is -0.390. The fourth-order valence-electron chi connectivity index (χ4n) is 1.96. The van der Waals surface area contributed by atoms with Gasteiger partial charge in [0.15, 0.2) is 0 Å². The first-order valence-corrected chi connectivity index (χ1v) is 6.79. The fourth-order valence-corrected chi connectivity index (χ4v) is 2.31. The first-order valence-electron chi connectivity index (χ1n) is 5.67. The molecule has 0 saturated carbocycles. The summed E-state index contributed by atoms with van der Waals surface area (Å²) in [5.41, 5.74) is 10.4. The van der Waals surface area contributed by atoms with E-state index in [2.05, 4.69) is 34.1 Å². The zero-order valence-electron chi connectivity index (χ0n) is 10.1. The van der Waals surface area contributed by atoms with E-state index >= 15 is 0 Å². The van der Waals surface area contributed by atoms with Crippen LogP contribution in [0.15, 0.2) is 42.5 Å². The molecule has 0 aliphatic rings. The summed E-state index contributed by atoms with van der Waals surface area (Å²) in [5, 5.41) is 0.833. The molecule has 92 valence electrons. The summed E-state index contributed by atoms with van der Waals surface area (Å²) in [7, 11) is 0. The SMILES string of the molecule is Cc1cc(C(N)=O)ccc1-c1cccc(CBr)c1. The molecule has 0 aliphatic heterocycles. The number of halogens is 1. The highest BCUT2D eigenvalue weighted by molar-refractivity contribution is 9.08. The van der Waals surface area contributed by atoms with Crippen molar-refractivity contribution in [3.05, 3.63) is 59.2 Å². The van der Waals surface area contributed by atoms with Gasteiger partial charge in [-0.05, 0) is 41.3 Å². The van der Waals surface area contributed by atoms with Crippen molar-refractivity contribution in [3.63, 3.8) is 0 Å². The second kappa shape index (κ2) is 5.36. The number of benzene rings is 2. The summed E-state index contributed by atoms with van der Waals surface area (Å²) in [6.07, 6.45) is 0. The highest BCUT2D eigenvalue weighted by Crippen LogP contribution is 2.25. The average molecular weight is 304 g/mol. The highest BCUT2D eigenvalue weighted by atomic mass is 79.9. The molecular formula is C15H14BrNO. The largest absolute Gasteiger partial charge is 0.366 e. The number of amides is 1. The van der Waals surface area contributed by atoms with Crippen molar-refractivity contribution in [1.29, 1.82) is 0 Å². The van der Waals surface area contributed by atoms with Gasteiger partial charge < -0.3 is 5.73 Å². The molecule has 18 heavy (non-hydrogen) atoms. The van der Waals surface area contributed by atoms with Crippen LogP contribution in [0.1, 0.15) is 21.5 Å². The maximum atomic E-state index is 11.1. The molecule has 2 nitrogen and oxygen atoms in total. The Bertz CT molecular complexity index is 593. The average Bonchev–Trinajstić information content (AvgIpc) is 2.38. The normalized spacial score (nSPS) is 10.3. The van der Waals surface area contributed by atoms with E-state index in [1.165, 1.54) is 5.56 Å². The second-order valence-corrected chi connectivity index (χ2v) is 4.79. The lowest BCUT2D eigenvalue weighted by atomic mass is 9.97. The fraction of sp³-hybridized carbons (Fsp3) is 0.133. The monoisotopic (exact) mass is 303 g/mol. The van der Waals surface area contributed by atoms with Crippen LogP contribution in [0.3, 0.4) is 0 Å². The summed E-state index contributed by atoms with van der Waals surface area (Å²) in [4.78, 5) is 11.1. The van der Waals surface area contributed by atoms with E-state index in [0.717, 1.165) is 22.0 Å². The molecule has 0 aliphatic carbocycles. The standard InChI is InChI=1S/C15H14BrNO/c1-10-7-13(15(17)18)5-6-14(10)12-4-2-3-11(8-12)9-16/h2-8H,9H2,1H3,(H2,17,18). The Morgan fingerprint density at radius 2 is 2.00 bits per heavy atom. The van der Waals surface area contributed by atoms with E-state index in [1.807, 2.05) is 25.1 Å². The Kier molecular flexibility index (Phi) is 3.82. The van der Waals surface area contributed by atoms with Crippen molar-refractivity contribution >= 4 is 21.8 Å². The molecule has 0 aromatic heterocycles. The van der Waals surface area contributed by atoms with Gasteiger partial charge in [0.05, 0.1) is 0 Å². The quantitative estimate of drug-likeness (QED) is 0.864. The number of carbonyl (C=O) groups excluding carboxylic acids is 1. The van der Waals surface area contributed by atoms with Crippen LogP contribution < -0.4 is 5.73 Å². The smallest absolute Gasteiger partial charge is 0.248 e. The third-order valence-electron chi connectivity index (χ3n) is 2.90. The number of nitrogens with two attached hydrogens (primary N) is 1. The minimum absolute atomic E-state index is 0.390. The van der Waals surface area contributed by atoms with Crippen molar-refractivity contribution < 1.29 is 4.79 Å². The Morgan fingerprint density at radius 1 is 1.22 bits per heavy atom. The van der Waals surface area contributed by atoms with Crippen molar-refractivity contribution in [2.75, 3.05) is 0 Å². The lowest BCUT2D eigenvalue weighted by Crippen LogP contribution is -2.10. The molecule has 0 heterocycles. The predicted molar refractivity (Wildman–Crippen MR) is 77.8 cm³/mol. The maximum absolute atomic E-state index is 11.1. The Hall–Kier alpha value is -1.61. The van der Waals surface area contributed by atoms with E-state index in [-0.39, 0.29) is 5.91 Å². The van der Waals surface area contributed by atoms with Crippen molar-refractivity contribution in [2.45, 2.75) is 12.3 Å². The topological polar surface area (TPSA) is 43.1 Å². The van der Waals surface area contributed by atoms with E-state index < -0.39 is 0 Å². The lowest BCUT2D eigenvalue weighted by molar-refractivity contribution is 0.1000. The van der Waals surface area contributed by atoms with Gasteiger partial charge in [0.2, 0.25) is 5.91 Å². The molecular weight excluding hydrogens is 290 g/mol. The second-order valence-electron chi connectivity index (χ2n) is 4.23. The van der Waals surface area contributed by atoms with Crippen LogP contribution in [0.5, 0.6) is 0 Å². The van der Waals surface area contributed by atoms with Crippen LogP contribution in [0.25, 0.3) is 11.1 Å². The summed E-state index contributed by atoms with van der Waals surface area (Å²) >= 11 is 3.45. The van der Waals surface area contributed by atoms with Gasteiger partial charge in [0.25, 0.3) is 0 Å². The molecule has 0 unspecified atom stereocenters. The van der Waals surface area contributed by atoms with Crippen LogP contribution in [-0.4, -0.2) is 5.91 Å². The van der Waals surface area contributed by atoms with Gasteiger partial charge in [-0.15, -0.1) is 0 Å². The number of hydrogen-bond acceptors (Lipinski definition) is 1. The maximum Gasteiger partial charge on any atom is 0.248 e. The van der Waals surface area contributed by atoms with E-state index in [4.69, 9.17) is 5.73 Å². The Morgan fingerprint density at radius 3 is 2.61 bits per heavy atom. The zero-order valence-corrected chi connectivity index (χ0v) is 11.7. The zero-order chi connectivity index (χ0) is 13.1. The number of rotatable bonds is 3. The Labute approximate surface area is 115 Å². The molecule has 0 saturated heterocycles. The summed E-state index contributed by atoms with van der Waals surface area (Å²) < 4.78 is 0. The molecule has 2 aromatic rings.